The Labute approximate surface area is 162 Å². The minimum atomic E-state index is -4.14. The number of amides is 1. The third-order valence-corrected chi connectivity index (χ3v) is 6.53. The summed E-state index contributed by atoms with van der Waals surface area (Å²) in [5.41, 5.74) is 8.71. The first-order valence-electron chi connectivity index (χ1n) is 10.00. The van der Waals surface area contributed by atoms with Crippen molar-refractivity contribution in [3.63, 3.8) is 0 Å². The van der Waals surface area contributed by atoms with Crippen LogP contribution in [0.4, 0.5) is 30.2 Å². The fraction of sp³-hybridized carbons (Fsp3) is 0.650. The standard InChI is InChI=1S/C20H27F3N4O/c1-25-17-8-18(27-9-11-6-12(11)10-27)15(7-16(17)24)19(28)26-14-4-2-13(3-5-14)20(21,22)23/h7-8,11-14,25H,2-6,9-10,24H2,1H3,(H,26,28). The van der Waals surface area contributed by atoms with Gasteiger partial charge in [-0.3, -0.25) is 4.79 Å². The van der Waals surface area contributed by atoms with Gasteiger partial charge in [-0.15, -0.1) is 0 Å². The zero-order chi connectivity index (χ0) is 20.1. The lowest BCUT2D eigenvalue weighted by Gasteiger charge is -2.31. The quantitative estimate of drug-likeness (QED) is 0.680. The van der Waals surface area contributed by atoms with Gasteiger partial charge in [0.2, 0.25) is 0 Å². The number of nitrogens with zero attached hydrogens (tertiary/aromatic N) is 1. The van der Waals surface area contributed by atoms with Crippen molar-refractivity contribution in [3.8, 4) is 0 Å². The van der Waals surface area contributed by atoms with Crippen molar-refractivity contribution < 1.29 is 18.0 Å². The Balaban J connectivity index is 1.48. The minimum absolute atomic E-state index is 0.0671. The molecule has 0 bridgehead atoms. The molecule has 3 fully saturated rings. The molecular weight excluding hydrogens is 369 g/mol. The molecular formula is C20H27F3N4O. The highest BCUT2D eigenvalue weighted by Crippen LogP contribution is 2.47. The number of rotatable bonds is 4. The number of nitrogens with one attached hydrogen (secondary N) is 2. The molecule has 2 atom stereocenters. The van der Waals surface area contributed by atoms with Crippen molar-refractivity contribution in [1.82, 2.24) is 5.32 Å². The fourth-order valence-electron chi connectivity index (χ4n) is 4.69. The predicted molar refractivity (Wildman–Crippen MR) is 103 cm³/mol. The minimum Gasteiger partial charge on any atom is -0.397 e. The van der Waals surface area contributed by atoms with Gasteiger partial charge >= 0.3 is 6.18 Å². The first-order valence-corrected chi connectivity index (χ1v) is 10.00. The summed E-state index contributed by atoms with van der Waals surface area (Å²) in [7, 11) is 1.79. The second kappa shape index (κ2) is 7.04. The number of fused-ring (bicyclic) bond motifs is 1. The molecule has 4 rings (SSSR count). The molecule has 2 saturated carbocycles. The van der Waals surface area contributed by atoms with Gasteiger partial charge in [-0.05, 0) is 56.1 Å². The summed E-state index contributed by atoms with van der Waals surface area (Å²) in [6, 6.07) is 3.37. The van der Waals surface area contributed by atoms with Crippen LogP contribution in [0.3, 0.4) is 0 Å². The summed E-state index contributed by atoms with van der Waals surface area (Å²) in [6.07, 6.45) is -2.05. The number of hydrogen-bond acceptors (Lipinski definition) is 4. The zero-order valence-corrected chi connectivity index (χ0v) is 16.0. The van der Waals surface area contributed by atoms with E-state index in [4.69, 9.17) is 5.73 Å². The summed E-state index contributed by atoms with van der Waals surface area (Å²) >= 11 is 0. The maximum Gasteiger partial charge on any atom is 0.391 e. The predicted octanol–water partition coefficient (Wildman–Crippen LogP) is 3.62. The highest BCUT2D eigenvalue weighted by molar-refractivity contribution is 6.02. The van der Waals surface area contributed by atoms with Gasteiger partial charge in [0.05, 0.1) is 28.5 Å². The van der Waals surface area contributed by atoms with Crippen molar-refractivity contribution in [1.29, 1.82) is 0 Å². The van der Waals surface area contributed by atoms with E-state index in [-0.39, 0.29) is 24.8 Å². The zero-order valence-electron chi connectivity index (χ0n) is 16.0. The van der Waals surface area contributed by atoms with E-state index in [0.29, 0.717) is 35.9 Å². The molecule has 0 radical (unpaired) electrons. The molecule has 0 aromatic heterocycles. The van der Waals surface area contributed by atoms with Gasteiger partial charge in [0, 0.05) is 26.2 Å². The van der Waals surface area contributed by atoms with E-state index >= 15 is 0 Å². The van der Waals surface area contributed by atoms with Crippen LogP contribution in [0.25, 0.3) is 0 Å². The summed E-state index contributed by atoms with van der Waals surface area (Å²) in [5, 5.41) is 6.01. The maximum atomic E-state index is 13.0. The Morgan fingerprint density at radius 2 is 1.79 bits per heavy atom. The largest absolute Gasteiger partial charge is 0.397 e. The molecule has 154 valence electrons. The topological polar surface area (TPSA) is 70.4 Å². The molecule has 1 heterocycles. The van der Waals surface area contributed by atoms with Crippen LogP contribution in [-0.4, -0.2) is 38.3 Å². The monoisotopic (exact) mass is 396 g/mol. The van der Waals surface area contributed by atoms with E-state index in [0.717, 1.165) is 24.5 Å². The van der Waals surface area contributed by atoms with Crippen LogP contribution < -0.4 is 21.3 Å². The van der Waals surface area contributed by atoms with Gasteiger partial charge in [0.1, 0.15) is 0 Å². The molecule has 1 aromatic carbocycles. The molecule has 8 heteroatoms. The number of anilines is 3. The molecule has 1 aromatic rings. The number of halogens is 3. The highest BCUT2D eigenvalue weighted by atomic mass is 19.4. The third kappa shape index (κ3) is 3.73. The van der Waals surface area contributed by atoms with E-state index < -0.39 is 12.1 Å². The number of alkyl halides is 3. The Kier molecular flexibility index (Phi) is 4.83. The number of nitrogen functional groups attached to an aromatic ring is 1. The van der Waals surface area contributed by atoms with E-state index in [1.807, 2.05) is 6.07 Å². The van der Waals surface area contributed by atoms with Gasteiger partial charge in [-0.2, -0.15) is 13.2 Å². The second-order valence-electron chi connectivity index (χ2n) is 8.43. The van der Waals surface area contributed by atoms with E-state index in [2.05, 4.69) is 15.5 Å². The van der Waals surface area contributed by atoms with Crippen LogP contribution in [0.2, 0.25) is 0 Å². The van der Waals surface area contributed by atoms with Crippen LogP contribution in [0.15, 0.2) is 12.1 Å². The smallest absolute Gasteiger partial charge is 0.391 e. The van der Waals surface area contributed by atoms with Crippen molar-refractivity contribution in [2.75, 3.05) is 36.1 Å². The van der Waals surface area contributed by atoms with Crippen molar-refractivity contribution in [2.24, 2.45) is 17.8 Å². The molecule has 0 spiro atoms. The number of nitrogens with two attached hydrogens (primary N) is 1. The van der Waals surface area contributed by atoms with Crippen LogP contribution in [-0.2, 0) is 0 Å². The summed E-state index contributed by atoms with van der Waals surface area (Å²) in [4.78, 5) is 15.2. The summed E-state index contributed by atoms with van der Waals surface area (Å²) in [5.74, 6) is -0.0771. The van der Waals surface area contributed by atoms with E-state index in [1.165, 1.54) is 6.42 Å². The summed E-state index contributed by atoms with van der Waals surface area (Å²) < 4.78 is 38.6. The van der Waals surface area contributed by atoms with Gasteiger partial charge < -0.3 is 21.3 Å². The molecule has 5 nitrogen and oxygen atoms in total. The van der Waals surface area contributed by atoms with Crippen LogP contribution in [0.5, 0.6) is 0 Å². The summed E-state index contributed by atoms with van der Waals surface area (Å²) in [6.45, 7) is 1.88. The Morgan fingerprint density at radius 1 is 1.14 bits per heavy atom. The number of carbonyl (C=O) groups excluding carboxylic acids is 1. The lowest BCUT2D eigenvalue weighted by Crippen LogP contribution is -2.40. The van der Waals surface area contributed by atoms with Gasteiger partial charge in [0.25, 0.3) is 5.91 Å². The van der Waals surface area contributed by atoms with E-state index in [9.17, 15) is 18.0 Å². The molecule has 4 N–H and O–H groups in total. The van der Waals surface area contributed by atoms with Gasteiger partial charge in [-0.25, -0.2) is 0 Å². The Bertz CT molecular complexity index is 749. The molecule has 2 aliphatic carbocycles. The highest BCUT2D eigenvalue weighted by Gasteiger charge is 2.46. The fourth-order valence-corrected chi connectivity index (χ4v) is 4.69. The molecule has 2 unspecified atom stereocenters. The third-order valence-electron chi connectivity index (χ3n) is 6.53. The SMILES string of the molecule is CNc1cc(N2CC3CC3C2)c(C(=O)NC2CCC(C(F)(F)F)CC2)cc1N. The number of benzene rings is 1. The van der Waals surface area contributed by atoms with Crippen molar-refractivity contribution in [2.45, 2.75) is 44.3 Å². The molecule has 1 amide bonds. The molecule has 3 aliphatic rings. The Hall–Kier alpha value is -2.12. The number of hydrogen-bond donors (Lipinski definition) is 3. The van der Waals surface area contributed by atoms with Crippen LogP contribution >= 0.6 is 0 Å². The lowest BCUT2D eigenvalue weighted by molar-refractivity contribution is -0.182. The number of piperidine rings is 1. The van der Waals surface area contributed by atoms with E-state index in [1.54, 1.807) is 13.1 Å². The first kappa shape index (κ1) is 19.2. The Morgan fingerprint density at radius 3 is 2.36 bits per heavy atom. The second-order valence-corrected chi connectivity index (χ2v) is 8.43. The van der Waals surface area contributed by atoms with Crippen molar-refractivity contribution >= 4 is 23.0 Å². The lowest BCUT2D eigenvalue weighted by atomic mass is 9.85. The average Bonchev–Trinajstić information content (AvgIpc) is 3.26. The first-order chi connectivity index (χ1) is 13.3. The normalized spacial score (nSPS) is 29.4. The van der Waals surface area contributed by atoms with Crippen molar-refractivity contribution in [3.05, 3.63) is 17.7 Å². The average molecular weight is 396 g/mol. The number of carbonyl (C=O) groups is 1. The van der Waals surface area contributed by atoms with Gasteiger partial charge in [-0.1, -0.05) is 0 Å². The molecule has 28 heavy (non-hydrogen) atoms. The maximum absolute atomic E-state index is 13.0. The van der Waals surface area contributed by atoms with Crippen LogP contribution in [0, 0.1) is 17.8 Å². The molecule has 1 saturated heterocycles. The molecule has 1 aliphatic heterocycles. The van der Waals surface area contributed by atoms with Gasteiger partial charge in [0.15, 0.2) is 0 Å². The van der Waals surface area contributed by atoms with Crippen LogP contribution in [0.1, 0.15) is 42.5 Å².